The molecule has 2 amide bonds. The zero-order chi connectivity index (χ0) is 14.3. The molecule has 104 valence electrons. The number of carbonyl (C=O) groups excluding carboxylic acids is 1. The highest BCUT2D eigenvalue weighted by Gasteiger charge is 2.36. The maximum Gasteiger partial charge on any atom is 0.329 e. The number of carboxylic acid groups (broad SMARTS) is 1. The molecule has 0 aliphatic carbocycles. The van der Waals surface area contributed by atoms with Crippen molar-refractivity contribution in [1.29, 1.82) is 0 Å². The summed E-state index contributed by atoms with van der Waals surface area (Å²) in [5, 5.41) is 21.8. The molecule has 1 heterocycles. The number of carbonyl (C=O) groups is 2. The van der Waals surface area contributed by atoms with Crippen LogP contribution in [0.4, 0.5) is 4.79 Å². The van der Waals surface area contributed by atoms with Gasteiger partial charge in [-0.15, -0.1) is 0 Å². The molecule has 7 nitrogen and oxygen atoms in total. The van der Waals surface area contributed by atoms with Gasteiger partial charge in [-0.2, -0.15) is 10.2 Å². The Kier molecular flexibility index (Phi) is 5.23. The molecular weight excluding hydrogens is 248 g/mol. The van der Waals surface area contributed by atoms with E-state index in [9.17, 15) is 14.7 Å². The Hall–Kier alpha value is -2.18. The van der Waals surface area contributed by atoms with Crippen LogP contribution >= 0.6 is 0 Å². The Morgan fingerprint density at radius 1 is 1.37 bits per heavy atom. The van der Waals surface area contributed by atoms with E-state index in [-0.39, 0.29) is 6.54 Å². The lowest BCUT2D eigenvalue weighted by Gasteiger charge is -2.27. The molecule has 7 heteroatoms. The highest BCUT2D eigenvalue weighted by Crippen LogP contribution is 2.15. The van der Waals surface area contributed by atoms with Gasteiger partial charge in [0.25, 0.3) is 0 Å². The Balaban J connectivity index is 2.57. The average molecular weight is 266 g/mol. The normalized spacial score (nSPS) is 10.8. The molecule has 19 heavy (non-hydrogen) atoms. The van der Waals surface area contributed by atoms with E-state index < -0.39 is 17.5 Å². The van der Waals surface area contributed by atoms with Gasteiger partial charge in [-0.1, -0.05) is 13.8 Å². The zero-order valence-corrected chi connectivity index (χ0v) is 11.0. The Labute approximate surface area is 111 Å². The fourth-order valence-electron chi connectivity index (χ4n) is 1.64. The molecule has 3 N–H and O–H groups in total. The van der Waals surface area contributed by atoms with Gasteiger partial charge in [0.2, 0.25) is 0 Å². The topological polar surface area (TPSA) is 104 Å². The summed E-state index contributed by atoms with van der Waals surface area (Å²) >= 11 is 0. The molecular formula is C12H18N4O3. The summed E-state index contributed by atoms with van der Waals surface area (Å²) < 4.78 is 0. The number of carboxylic acids is 1. The molecule has 1 rings (SSSR count). The van der Waals surface area contributed by atoms with E-state index in [0.29, 0.717) is 18.5 Å². The van der Waals surface area contributed by atoms with E-state index >= 15 is 0 Å². The minimum Gasteiger partial charge on any atom is -0.480 e. The standard InChI is InChI=1S/C12H18N4O3/c1-3-12(4-2,10(17)18)15-11(19)13-8-9-6-5-7-14-16-9/h5-7H,3-4,8H2,1-2H3,(H,17,18)(H2,13,15,19). The van der Waals surface area contributed by atoms with Crippen LogP contribution in [-0.4, -0.2) is 32.8 Å². The zero-order valence-electron chi connectivity index (χ0n) is 11.0. The first-order valence-electron chi connectivity index (χ1n) is 6.10. The highest BCUT2D eigenvalue weighted by molar-refractivity contribution is 5.86. The van der Waals surface area contributed by atoms with Crippen LogP contribution < -0.4 is 10.6 Å². The van der Waals surface area contributed by atoms with Crippen LogP contribution in [0.1, 0.15) is 32.4 Å². The molecule has 0 fully saturated rings. The lowest BCUT2D eigenvalue weighted by Crippen LogP contribution is -2.56. The van der Waals surface area contributed by atoms with Crippen molar-refractivity contribution in [1.82, 2.24) is 20.8 Å². The molecule has 1 aromatic rings. The van der Waals surface area contributed by atoms with Gasteiger partial charge in [0.15, 0.2) is 0 Å². The van der Waals surface area contributed by atoms with E-state index in [0.717, 1.165) is 0 Å². The maximum atomic E-state index is 11.7. The maximum absolute atomic E-state index is 11.7. The first-order chi connectivity index (χ1) is 9.04. The Morgan fingerprint density at radius 3 is 2.53 bits per heavy atom. The predicted octanol–water partition coefficient (Wildman–Crippen LogP) is 0.919. The largest absolute Gasteiger partial charge is 0.480 e. The lowest BCUT2D eigenvalue weighted by molar-refractivity contribution is -0.144. The second-order valence-electron chi connectivity index (χ2n) is 4.12. The molecule has 0 atom stereocenters. The summed E-state index contributed by atoms with van der Waals surface area (Å²) in [5.41, 5.74) is -0.626. The van der Waals surface area contributed by atoms with E-state index in [2.05, 4.69) is 20.8 Å². The van der Waals surface area contributed by atoms with Crippen molar-refractivity contribution in [3.8, 4) is 0 Å². The molecule has 1 aromatic heterocycles. The molecule has 0 radical (unpaired) electrons. The van der Waals surface area contributed by atoms with Gasteiger partial charge < -0.3 is 15.7 Å². The first-order valence-corrected chi connectivity index (χ1v) is 6.10. The fourth-order valence-corrected chi connectivity index (χ4v) is 1.64. The number of urea groups is 1. The van der Waals surface area contributed by atoms with Gasteiger partial charge in [0.05, 0.1) is 12.2 Å². The van der Waals surface area contributed by atoms with Gasteiger partial charge in [-0.05, 0) is 25.0 Å². The van der Waals surface area contributed by atoms with Crippen LogP contribution in [0.15, 0.2) is 18.3 Å². The summed E-state index contributed by atoms with van der Waals surface area (Å²) in [6, 6.07) is 2.90. The van der Waals surface area contributed by atoms with Crippen LogP contribution in [-0.2, 0) is 11.3 Å². The molecule has 0 aromatic carbocycles. The van der Waals surface area contributed by atoms with Crippen molar-refractivity contribution in [3.05, 3.63) is 24.0 Å². The van der Waals surface area contributed by atoms with Crippen LogP contribution in [0.25, 0.3) is 0 Å². The van der Waals surface area contributed by atoms with Gasteiger partial charge in [-0.3, -0.25) is 0 Å². The monoisotopic (exact) mass is 266 g/mol. The summed E-state index contributed by atoms with van der Waals surface area (Å²) in [5.74, 6) is -1.04. The van der Waals surface area contributed by atoms with Crippen molar-refractivity contribution in [3.63, 3.8) is 0 Å². The molecule has 0 aliphatic rings. The van der Waals surface area contributed by atoms with Crippen molar-refractivity contribution >= 4 is 12.0 Å². The molecule has 0 bridgehead atoms. The smallest absolute Gasteiger partial charge is 0.329 e. The van der Waals surface area contributed by atoms with Gasteiger partial charge in [0.1, 0.15) is 5.54 Å². The van der Waals surface area contributed by atoms with Crippen LogP contribution in [0.3, 0.4) is 0 Å². The number of amides is 2. The Morgan fingerprint density at radius 2 is 2.05 bits per heavy atom. The average Bonchev–Trinajstić information content (AvgIpc) is 2.43. The van der Waals surface area contributed by atoms with Gasteiger partial charge in [0, 0.05) is 6.20 Å². The van der Waals surface area contributed by atoms with Gasteiger partial charge in [-0.25, -0.2) is 9.59 Å². The quantitative estimate of drug-likeness (QED) is 0.710. The van der Waals surface area contributed by atoms with Gasteiger partial charge >= 0.3 is 12.0 Å². The second kappa shape index (κ2) is 6.67. The van der Waals surface area contributed by atoms with Crippen LogP contribution in [0, 0.1) is 0 Å². The fraction of sp³-hybridized carbons (Fsp3) is 0.500. The number of aliphatic carboxylic acids is 1. The lowest BCUT2D eigenvalue weighted by atomic mass is 9.93. The van der Waals surface area contributed by atoms with Crippen molar-refractivity contribution in [2.75, 3.05) is 0 Å². The minimum atomic E-state index is -1.23. The van der Waals surface area contributed by atoms with E-state index in [1.165, 1.54) is 6.20 Å². The summed E-state index contributed by atoms with van der Waals surface area (Å²) in [4.78, 5) is 22.9. The number of hydrogen-bond acceptors (Lipinski definition) is 4. The number of rotatable bonds is 6. The molecule has 0 spiro atoms. The van der Waals surface area contributed by atoms with E-state index in [4.69, 9.17) is 0 Å². The highest BCUT2D eigenvalue weighted by atomic mass is 16.4. The van der Waals surface area contributed by atoms with Crippen molar-refractivity contribution in [2.45, 2.75) is 38.8 Å². The molecule has 0 aliphatic heterocycles. The SMILES string of the molecule is CCC(CC)(NC(=O)NCc1cccnn1)C(=O)O. The predicted molar refractivity (Wildman–Crippen MR) is 68.4 cm³/mol. The molecule has 0 saturated heterocycles. The number of aromatic nitrogens is 2. The Bertz CT molecular complexity index is 432. The number of nitrogens with one attached hydrogen (secondary N) is 2. The number of hydrogen-bond donors (Lipinski definition) is 3. The first kappa shape index (κ1) is 14.9. The summed E-state index contributed by atoms with van der Waals surface area (Å²) in [6.45, 7) is 3.64. The third-order valence-electron chi connectivity index (χ3n) is 3.03. The third-order valence-corrected chi connectivity index (χ3v) is 3.03. The van der Waals surface area contributed by atoms with Crippen molar-refractivity contribution < 1.29 is 14.7 Å². The van der Waals surface area contributed by atoms with E-state index in [1.54, 1.807) is 26.0 Å². The van der Waals surface area contributed by atoms with Crippen LogP contribution in [0.2, 0.25) is 0 Å². The molecule has 0 unspecified atom stereocenters. The van der Waals surface area contributed by atoms with Crippen molar-refractivity contribution in [2.24, 2.45) is 0 Å². The molecule has 0 saturated carbocycles. The van der Waals surface area contributed by atoms with Crippen LogP contribution in [0.5, 0.6) is 0 Å². The summed E-state index contributed by atoms with van der Waals surface area (Å²) in [6.07, 6.45) is 2.17. The second-order valence-corrected chi connectivity index (χ2v) is 4.12. The third kappa shape index (κ3) is 3.90. The minimum absolute atomic E-state index is 0.197. The van der Waals surface area contributed by atoms with E-state index in [1.807, 2.05) is 0 Å². The number of nitrogens with zero attached hydrogens (tertiary/aromatic N) is 2. The summed E-state index contributed by atoms with van der Waals surface area (Å²) in [7, 11) is 0.